The summed E-state index contributed by atoms with van der Waals surface area (Å²) in [4.78, 5) is 26.7. The van der Waals surface area contributed by atoms with Crippen LogP contribution in [0.1, 0.15) is 29.6 Å². The molecule has 28 heavy (non-hydrogen) atoms. The summed E-state index contributed by atoms with van der Waals surface area (Å²) in [7, 11) is 2.15. The molecule has 0 unspecified atom stereocenters. The van der Waals surface area contributed by atoms with E-state index in [1.807, 2.05) is 30.3 Å². The van der Waals surface area contributed by atoms with Gasteiger partial charge in [-0.2, -0.15) is 0 Å². The van der Waals surface area contributed by atoms with Gasteiger partial charge in [0.05, 0.1) is 0 Å². The topological polar surface area (TPSA) is 73.5 Å². The molecule has 3 amide bonds. The molecule has 2 aromatic rings. The predicted octanol–water partition coefficient (Wildman–Crippen LogP) is 3.79. The first-order chi connectivity index (χ1) is 13.6. The number of anilines is 2. The van der Waals surface area contributed by atoms with Crippen LogP contribution in [0, 0.1) is 5.92 Å². The molecule has 6 nitrogen and oxygen atoms in total. The number of nitrogens with one attached hydrogen (secondary N) is 3. The van der Waals surface area contributed by atoms with Gasteiger partial charge in [-0.3, -0.25) is 4.79 Å². The molecule has 0 atom stereocenters. The number of carbonyl (C=O) groups excluding carboxylic acids is 2. The second-order valence-electron chi connectivity index (χ2n) is 7.31. The number of para-hydroxylation sites is 1. The zero-order valence-corrected chi connectivity index (χ0v) is 16.3. The van der Waals surface area contributed by atoms with Crippen molar-refractivity contribution < 1.29 is 9.59 Å². The Morgan fingerprint density at radius 3 is 2.18 bits per heavy atom. The van der Waals surface area contributed by atoms with E-state index in [0.29, 0.717) is 23.7 Å². The van der Waals surface area contributed by atoms with Gasteiger partial charge in [-0.15, -0.1) is 0 Å². The number of urea groups is 1. The number of hydrogen-bond donors (Lipinski definition) is 3. The van der Waals surface area contributed by atoms with Gasteiger partial charge in [0, 0.05) is 23.5 Å². The Hall–Kier alpha value is -2.86. The number of benzene rings is 2. The van der Waals surface area contributed by atoms with Crippen LogP contribution in [0.2, 0.25) is 0 Å². The molecular formula is C22H28N4O2. The lowest BCUT2D eigenvalue weighted by Crippen LogP contribution is -2.32. The summed E-state index contributed by atoms with van der Waals surface area (Å²) in [6.45, 7) is 2.99. The molecule has 0 saturated carbocycles. The van der Waals surface area contributed by atoms with Crippen molar-refractivity contribution in [2.75, 3.05) is 37.3 Å². The first-order valence-electron chi connectivity index (χ1n) is 9.80. The second kappa shape index (κ2) is 9.90. The largest absolute Gasteiger partial charge is 0.352 e. The normalized spacial score (nSPS) is 15.0. The SMILES string of the molecule is CN1CCC(CCNC(=O)c2ccc(NC(=O)Nc3ccccc3)cc2)CC1. The number of hydrogen-bond acceptors (Lipinski definition) is 3. The quantitative estimate of drug-likeness (QED) is 0.714. The van der Waals surface area contributed by atoms with E-state index in [-0.39, 0.29) is 11.9 Å². The second-order valence-corrected chi connectivity index (χ2v) is 7.31. The highest BCUT2D eigenvalue weighted by atomic mass is 16.2. The van der Waals surface area contributed by atoms with E-state index in [9.17, 15) is 9.59 Å². The van der Waals surface area contributed by atoms with Crippen LogP contribution in [0.4, 0.5) is 16.2 Å². The number of carbonyl (C=O) groups is 2. The van der Waals surface area contributed by atoms with Crippen molar-refractivity contribution in [3.63, 3.8) is 0 Å². The van der Waals surface area contributed by atoms with E-state index in [2.05, 4.69) is 27.9 Å². The summed E-state index contributed by atoms with van der Waals surface area (Å²) in [5, 5.41) is 8.52. The van der Waals surface area contributed by atoms with Crippen LogP contribution in [0.3, 0.4) is 0 Å². The minimum atomic E-state index is -0.318. The summed E-state index contributed by atoms with van der Waals surface area (Å²) < 4.78 is 0. The first-order valence-corrected chi connectivity index (χ1v) is 9.80. The van der Waals surface area contributed by atoms with Crippen molar-refractivity contribution in [1.82, 2.24) is 10.2 Å². The zero-order chi connectivity index (χ0) is 19.8. The minimum absolute atomic E-state index is 0.0757. The zero-order valence-electron chi connectivity index (χ0n) is 16.3. The lowest BCUT2D eigenvalue weighted by molar-refractivity contribution is 0.0949. The van der Waals surface area contributed by atoms with E-state index in [0.717, 1.165) is 25.2 Å². The maximum absolute atomic E-state index is 12.3. The number of likely N-dealkylation sites (tertiary alicyclic amines) is 1. The van der Waals surface area contributed by atoms with Gasteiger partial charge in [-0.05, 0) is 81.7 Å². The fourth-order valence-electron chi connectivity index (χ4n) is 3.36. The predicted molar refractivity (Wildman–Crippen MR) is 113 cm³/mol. The molecule has 0 radical (unpaired) electrons. The van der Waals surface area contributed by atoms with Crippen molar-refractivity contribution in [3.8, 4) is 0 Å². The average Bonchev–Trinajstić information content (AvgIpc) is 2.70. The molecule has 1 heterocycles. The Bertz CT molecular complexity index is 769. The molecule has 1 aliphatic heterocycles. The summed E-state index contributed by atoms with van der Waals surface area (Å²) in [5.41, 5.74) is 1.95. The molecule has 1 saturated heterocycles. The molecule has 1 fully saturated rings. The highest BCUT2D eigenvalue weighted by molar-refractivity contribution is 6.00. The first kappa shape index (κ1) is 19.9. The molecule has 148 valence electrons. The molecule has 1 aliphatic rings. The highest BCUT2D eigenvalue weighted by Crippen LogP contribution is 2.19. The van der Waals surface area contributed by atoms with Crippen LogP contribution in [0.25, 0.3) is 0 Å². The van der Waals surface area contributed by atoms with Crippen LogP contribution >= 0.6 is 0 Å². The lowest BCUT2D eigenvalue weighted by Gasteiger charge is -2.28. The van der Waals surface area contributed by atoms with Gasteiger partial charge in [0.25, 0.3) is 5.91 Å². The van der Waals surface area contributed by atoms with Crippen molar-refractivity contribution in [1.29, 1.82) is 0 Å². The molecule has 2 aromatic carbocycles. The Morgan fingerprint density at radius 2 is 1.54 bits per heavy atom. The van der Waals surface area contributed by atoms with E-state index in [1.165, 1.54) is 12.8 Å². The van der Waals surface area contributed by atoms with Gasteiger partial charge in [0.1, 0.15) is 0 Å². The van der Waals surface area contributed by atoms with Gasteiger partial charge in [-0.25, -0.2) is 4.79 Å². The van der Waals surface area contributed by atoms with Crippen LogP contribution in [0.15, 0.2) is 54.6 Å². The lowest BCUT2D eigenvalue weighted by atomic mass is 9.94. The molecular weight excluding hydrogens is 352 g/mol. The molecule has 3 rings (SSSR count). The van der Waals surface area contributed by atoms with Gasteiger partial charge in [0.15, 0.2) is 0 Å². The fraction of sp³-hybridized carbons (Fsp3) is 0.364. The summed E-state index contributed by atoms with van der Waals surface area (Å²) >= 11 is 0. The standard InChI is InChI=1S/C22H28N4O2/c1-26-15-12-17(13-16-26)11-14-23-21(27)18-7-9-20(10-8-18)25-22(28)24-19-5-3-2-4-6-19/h2-10,17H,11-16H2,1H3,(H,23,27)(H2,24,25,28). The third-order valence-electron chi connectivity index (χ3n) is 5.11. The van der Waals surface area contributed by atoms with E-state index in [1.54, 1.807) is 24.3 Å². The van der Waals surface area contributed by atoms with Crippen molar-refractivity contribution in [2.24, 2.45) is 5.92 Å². The van der Waals surface area contributed by atoms with Crippen LogP contribution in [-0.4, -0.2) is 43.5 Å². The highest BCUT2D eigenvalue weighted by Gasteiger charge is 2.16. The van der Waals surface area contributed by atoms with Gasteiger partial charge < -0.3 is 20.9 Å². The maximum atomic E-state index is 12.3. The van der Waals surface area contributed by atoms with E-state index in [4.69, 9.17) is 0 Å². The molecule has 0 spiro atoms. The Morgan fingerprint density at radius 1 is 0.929 bits per heavy atom. The molecule has 0 aliphatic carbocycles. The Kier molecular flexibility index (Phi) is 7.03. The van der Waals surface area contributed by atoms with Crippen molar-refractivity contribution in [2.45, 2.75) is 19.3 Å². The van der Waals surface area contributed by atoms with Crippen molar-refractivity contribution >= 4 is 23.3 Å². The number of piperidine rings is 1. The van der Waals surface area contributed by atoms with Gasteiger partial charge >= 0.3 is 6.03 Å². The average molecular weight is 380 g/mol. The Labute approximate surface area is 166 Å². The Balaban J connectivity index is 1.41. The minimum Gasteiger partial charge on any atom is -0.352 e. The number of nitrogens with zero attached hydrogens (tertiary/aromatic N) is 1. The monoisotopic (exact) mass is 380 g/mol. The van der Waals surface area contributed by atoms with E-state index < -0.39 is 0 Å². The van der Waals surface area contributed by atoms with E-state index >= 15 is 0 Å². The molecule has 0 aromatic heterocycles. The third-order valence-corrected chi connectivity index (χ3v) is 5.11. The van der Waals surface area contributed by atoms with Crippen molar-refractivity contribution in [3.05, 3.63) is 60.2 Å². The smallest absolute Gasteiger partial charge is 0.323 e. The summed E-state index contributed by atoms with van der Waals surface area (Å²) in [6, 6.07) is 15.8. The molecule has 6 heteroatoms. The molecule has 0 bridgehead atoms. The van der Waals surface area contributed by atoms with Crippen LogP contribution < -0.4 is 16.0 Å². The van der Waals surface area contributed by atoms with Gasteiger partial charge in [0.2, 0.25) is 0 Å². The fourth-order valence-corrected chi connectivity index (χ4v) is 3.36. The summed E-state index contributed by atoms with van der Waals surface area (Å²) in [6.07, 6.45) is 3.44. The van der Waals surface area contributed by atoms with Gasteiger partial charge in [-0.1, -0.05) is 18.2 Å². The van der Waals surface area contributed by atoms with Crippen LogP contribution in [0.5, 0.6) is 0 Å². The third kappa shape index (κ3) is 6.09. The van der Waals surface area contributed by atoms with Crippen LogP contribution in [-0.2, 0) is 0 Å². The molecule has 3 N–H and O–H groups in total. The number of amides is 3. The maximum Gasteiger partial charge on any atom is 0.323 e. The summed E-state index contributed by atoms with van der Waals surface area (Å²) in [5.74, 6) is 0.624. The number of rotatable bonds is 6.